The van der Waals surface area contributed by atoms with E-state index in [1.54, 1.807) is 18.2 Å². The fourth-order valence-electron chi connectivity index (χ4n) is 1.06. The quantitative estimate of drug-likeness (QED) is 0.871. The van der Waals surface area contributed by atoms with Crippen molar-refractivity contribution in [2.24, 2.45) is 5.73 Å². The highest BCUT2D eigenvalue weighted by Gasteiger charge is 2.11. The summed E-state index contributed by atoms with van der Waals surface area (Å²) >= 11 is 9.13. The van der Waals surface area contributed by atoms with Gasteiger partial charge in [0.1, 0.15) is 0 Å². The number of benzene rings is 1. The Morgan fingerprint density at radius 3 is 2.69 bits per heavy atom. The molecule has 0 aliphatic heterocycles. The smallest absolute Gasteiger partial charge is 0.232 e. The molecule has 0 saturated carbocycles. The maximum Gasteiger partial charge on any atom is 0.232 e. The molecule has 0 bridgehead atoms. The van der Waals surface area contributed by atoms with Gasteiger partial charge in [-0.25, -0.2) is 8.42 Å². The zero-order valence-electron chi connectivity index (χ0n) is 8.41. The highest BCUT2D eigenvalue weighted by atomic mass is 79.9. The van der Waals surface area contributed by atoms with Crippen LogP contribution in [0.2, 0.25) is 5.02 Å². The first-order valence-electron chi connectivity index (χ1n) is 4.60. The van der Waals surface area contributed by atoms with E-state index < -0.39 is 10.0 Å². The molecule has 1 rings (SSSR count). The minimum atomic E-state index is -3.36. The summed E-state index contributed by atoms with van der Waals surface area (Å²) in [6.07, 6.45) is 0.420. The topological polar surface area (TPSA) is 72.2 Å². The number of hydrogen-bond donors (Lipinski definition) is 2. The molecule has 3 N–H and O–H groups in total. The van der Waals surface area contributed by atoms with Crippen molar-refractivity contribution in [3.8, 4) is 0 Å². The molecule has 0 fully saturated rings. The van der Waals surface area contributed by atoms with E-state index in [9.17, 15) is 8.42 Å². The first-order valence-corrected chi connectivity index (χ1v) is 7.42. The van der Waals surface area contributed by atoms with Gasteiger partial charge in [0.25, 0.3) is 0 Å². The molecule has 0 unspecified atom stereocenters. The van der Waals surface area contributed by atoms with Crippen LogP contribution in [0, 0.1) is 0 Å². The summed E-state index contributed by atoms with van der Waals surface area (Å²) in [5.74, 6) is -0.00407. The van der Waals surface area contributed by atoms with E-state index in [2.05, 4.69) is 20.7 Å². The molecule has 0 heterocycles. The molecule has 0 spiro atoms. The lowest BCUT2D eigenvalue weighted by Crippen LogP contribution is -2.19. The Morgan fingerprint density at radius 2 is 2.12 bits per heavy atom. The number of anilines is 1. The summed E-state index contributed by atoms with van der Waals surface area (Å²) in [4.78, 5) is 0. The maximum atomic E-state index is 11.6. The first kappa shape index (κ1) is 13.8. The highest BCUT2D eigenvalue weighted by Crippen LogP contribution is 2.26. The van der Waals surface area contributed by atoms with Crippen molar-refractivity contribution in [3.05, 3.63) is 27.7 Å². The summed E-state index contributed by atoms with van der Waals surface area (Å²) < 4.78 is 26.3. The molecule has 0 radical (unpaired) electrons. The van der Waals surface area contributed by atoms with Gasteiger partial charge in [-0.05, 0) is 31.2 Å². The van der Waals surface area contributed by atoms with E-state index in [0.29, 0.717) is 23.7 Å². The lowest BCUT2D eigenvalue weighted by Gasteiger charge is -2.09. The second kappa shape index (κ2) is 5.86. The van der Waals surface area contributed by atoms with Crippen LogP contribution < -0.4 is 10.5 Å². The average Bonchev–Trinajstić information content (AvgIpc) is 2.19. The van der Waals surface area contributed by atoms with E-state index in [4.69, 9.17) is 17.3 Å². The van der Waals surface area contributed by atoms with Gasteiger partial charge in [0, 0.05) is 4.47 Å². The number of hydrogen-bond acceptors (Lipinski definition) is 3. The van der Waals surface area contributed by atoms with Crippen LogP contribution in [0.3, 0.4) is 0 Å². The second-order valence-corrected chi connectivity index (χ2v) is 6.35. The molecule has 0 amide bonds. The van der Waals surface area contributed by atoms with Crippen LogP contribution >= 0.6 is 27.5 Å². The van der Waals surface area contributed by atoms with E-state index in [-0.39, 0.29) is 5.75 Å². The number of sulfonamides is 1. The first-order chi connectivity index (χ1) is 7.44. The molecule has 16 heavy (non-hydrogen) atoms. The molecular weight excluding hydrogens is 316 g/mol. The third kappa shape index (κ3) is 4.29. The Labute approximate surface area is 108 Å². The van der Waals surface area contributed by atoms with Crippen LogP contribution in [0.25, 0.3) is 0 Å². The van der Waals surface area contributed by atoms with E-state index in [1.165, 1.54) is 0 Å². The van der Waals surface area contributed by atoms with Gasteiger partial charge in [-0.1, -0.05) is 27.5 Å². The van der Waals surface area contributed by atoms with Gasteiger partial charge in [0.2, 0.25) is 10.0 Å². The Hall–Kier alpha value is -0.300. The molecule has 1 aromatic rings. The fourth-order valence-corrected chi connectivity index (χ4v) is 3.00. The zero-order valence-corrected chi connectivity index (χ0v) is 11.6. The third-order valence-corrected chi connectivity index (χ3v) is 3.98. The van der Waals surface area contributed by atoms with Gasteiger partial charge in [0.05, 0.1) is 16.5 Å². The van der Waals surface area contributed by atoms with Crippen molar-refractivity contribution in [2.75, 3.05) is 17.0 Å². The monoisotopic (exact) mass is 326 g/mol. The van der Waals surface area contributed by atoms with Crippen LogP contribution in [0.5, 0.6) is 0 Å². The molecule has 7 heteroatoms. The van der Waals surface area contributed by atoms with Gasteiger partial charge >= 0.3 is 0 Å². The number of rotatable bonds is 5. The largest absolute Gasteiger partial charge is 0.330 e. The van der Waals surface area contributed by atoms with E-state index >= 15 is 0 Å². The summed E-state index contributed by atoms with van der Waals surface area (Å²) in [6, 6.07) is 4.95. The lowest BCUT2D eigenvalue weighted by molar-refractivity contribution is 0.599. The molecule has 0 aromatic heterocycles. The van der Waals surface area contributed by atoms with E-state index in [1.807, 2.05) is 0 Å². The minimum absolute atomic E-state index is 0.00407. The van der Waals surface area contributed by atoms with Crippen LogP contribution in [0.4, 0.5) is 5.69 Å². The predicted molar refractivity (Wildman–Crippen MR) is 70.2 cm³/mol. The van der Waals surface area contributed by atoms with Crippen molar-refractivity contribution in [2.45, 2.75) is 6.42 Å². The normalized spacial score (nSPS) is 11.4. The van der Waals surface area contributed by atoms with E-state index in [0.717, 1.165) is 4.47 Å². The average molecular weight is 328 g/mol. The van der Waals surface area contributed by atoms with Crippen LogP contribution in [-0.4, -0.2) is 20.7 Å². The molecule has 0 atom stereocenters. The number of nitrogens with two attached hydrogens (primary N) is 1. The third-order valence-electron chi connectivity index (χ3n) is 1.81. The van der Waals surface area contributed by atoms with Crippen molar-refractivity contribution < 1.29 is 8.42 Å². The minimum Gasteiger partial charge on any atom is -0.330 e. The fraction of sp³-hybridized carbons (Fsp3) is 0.333. The summed E-state index contributed by atoms with van der Waals surface area (Å²) in [7, 11) is -3.36. The standard InChI is InChI=1S/C9H12BrClN2O2S/c10-7-2-3-9(8(11)6-7)13-16(14,15)5-1-4-12/h2-3,6,13H,1,4-5,12H2. The predicted octanol–water partition coefficient (Wildman–Crippen LogP) is 2.19. The summed E-state index contributed by atoms with van der Waals surface area (Å²) in [6.45, 7) is 0.342. The van der Waals surface area contributed by atoms with Crippen LogP contribution in [0.15, 0.2) is 22.7 Å². The molecule has 0 saturated heterocycles. The second-order valence-electron chi connectivity index (χ2n) is 3.19. The molecular formula is C9H12BrClN2O2S. The Bertz CT molecular complexity index is 465. The van der Waals surface area contributed by atoms with Crippen LogP contribution in [0.1, 0.15) is 6.42 Å². The molecule has 90 valence electrons. The van der Waals surface area contributed by atoms with Crippen LogP contribution in [-0.2, 0) is 10.0 Å². The molecule has 4 nitrogen and oxygen atoms in total. The highest BCUT2D eigenvalue weighted by molar-refractivity contribution is 9.10. The van der Waals surface area contributed by atoms with Crippen molar-refractivity contribution >= 4 is 43.2 Å². The Kier molecular flexibility index (Phi) is 5.04. The van der Waals surface area contributed by atoms with Crippen molar-refractivity contribution in [1.82, 2.24) is 0 Å². The lowest BCUT2D eigenvalue weighted by atomic mass is 10.3. The maximum absolute atomic E-state index is 11.6. The van der Waals surface area contributed by atoms with Gasteiger partial charge < -0.3 is 5.73 Å². The molecule has 1 aromatic carbocycles. The Morgan fingerprint density at radius 1 is 1.44 bits per heavy atom. The van der Waals surface area contributed by atoms with Gasteiger partial charge in [-0.2, -0.15) is 0 Å². The van der Waals surface area contributed by atoms with Crippen molar-refractivity contribution in [3.63, 3.8) is 0 Å². The SMILES string of the molecule is NCCCS(=O)(=O)Nc1ccc(Br)cc1Cl. The summed E-state index contributed by atoms with van der Waals surface area (Å²) in [5, 5.41) is 0.352. The van der Waals surface area contributed by atoms with Gasteiger partial charge in [-0.15, -0.1) is 0 Å². The molecule has 0 aliphatic carbocycles. The van der Waals surface area contributed by atoms with Gasteiger partial charge in [0.15, 0.2) is 0 Å². The Balaban J connectivity index is 2.80. The van der Waals surface area contributed by atoms with Gasteiger partial charge in [-0.3, -0.25) is 4.72 Å². The van der Waals surface area contributed by atoms with Crippen molar-refractivity contribution in [1.29, 1.82) is 0 Å². The zero-order chi connectivity index (χ0) is 12.2. The molecule has 0 aliphatic rings. The number of halogens is 2. The summed E-state index contributed by atoms with van der Waals surface area (Å²) in [5.41, 5.74) is 5.63. The number of nitrogens with one attached hydrogen (secondary N) is 1.